The number of guanidine groups is 1. The van der Waals surface area contributed by atoms with Crippen molar-refractivity contribution in [2.45, 2.75) is 12.5 Å². The van der Waals surface area contributed by atoms with Gasteiger partial charge in [-0.1, -0.05) is 0 Å². The number of nitrogens with zero attached hydrogens (tertiary/aromatic N) is 4. The van der Waals surface area contributed by atoms with Crippen LogP contribution in [0, 0.1) is 17.0 Å². The van der Waals surface area contributed by atoms with Gasteiger partial charge in [-0.05, 0) is 17.7 Å². The molecule has 0 bridgehead atoms. The smallest absolute Gasteiger partial charge is 0.341 e. The monoisotopic (exact) mass is 336 g/mol. The number of amides is 2. The second-order valence-electron chi connectivity index (χ2n) is 5.74. The highest BCUT2D eigenvalue weighted by molar-refractivity contribution is 5.79. The molecule has 0 aliphatic carbocycles. The SMILES string of the molecule is N=C(N)N1CCN(C(=O)N2N=CC[C@H]2c2cc(F)cc(F)c2)CC1. The lowest BCUT2D eigenvalue weighted by Gasteiger charge is -2.37. The molecule has 2 heterocycles. The summed E-state index contributed by atoms with van der Waals surface area (Å²) in [6.07, 6.45) is 1.97. The van der Waals surface area contributed by atoms with Crippen LogP contribution in [0.25, 0.3) is 0 Å². The van der Waals surface area contributed by atoms with Crippen LogP contribution in [-0.4, -0.2) is 59.2 Å². The first kappa shape index (κ1) is 16.2. The van der Waals surface area contributed by atoms with E-state index in [0.717, 1.165) is 6.07 Å². The number of carbonyl (C=O) groups excluding carboxylic acids is 1. The lowest BCUT2D eigenvalue weighted by atomic mass is 10.0. The minimum Gasteiger partial charge on any atom is -0.370 e. The summed E-state index contributed by atoms with van der Waals surface area (Å²) in [4.78, 5) is 16.0. The molecule has 2 aliphatic heterocycles. The molecule has 0 radical (unpaired) electrons. The third-order valence-corrected chi connectivity index (χ3v) is 4.19. The van der Waals surface area contributed by atoms with E-state index in [1.807, 2.05) is 0 Å². The number of halogens is 2. The minimum atomic E-state index is -0.681. The summed E-state index contributed by atoms with van der Waals surface area (Å²) in [7, 11) is 0. The number of urea groups is 1. The predicted molar refractivity (Wildman–Crippen MR) is 84.5 cm³/mol. The maximum atomic E-state index is 13.5. The zero-order valence-electron chi connectivity index (χ0n) is 13.0. The predicted octanol–water partition coefficient (Wildman–Crippen LogP) is 1.33. The Bertz CT molecular complexity index is 666. The molecule has 0 aromatic heterocycles. The molecule has 0 spiro atoms. The maximum Gasteiger partial charge on any atom is 0.341 e. The van der Waals surface area contributed by atoms with E-state index in [4.69, 9.17) is 11.1 Å². The van der Waals surface area contributed by atoms with Gasteiger partial charge >= 0.3 is 6.03 Å². The average molecular weight is 336 g/mol. The van der Waals surface area contributed by atoms with Crippen molar-refractivity contribution in [3.05, 3.63) is 35.4 Å². The van der Waals surface area contributed by atoms with Crippen LogP contribution in [0.3, 0.4) is 0 Å². The van der Waals surface area contributed by atoms with E-state index in [1.165, 1.54) is 17.1 Å². The summed E-state index contributed by atoms with van der Waals surface area (Å²) in [6.45, 7) is 1.76. The molecule has 9 heteroatoms. The van der Waals surface area contributed by atoms with Crippen LogP contribution in [0.4, 0.5) is 13.6 Å². The molecular weight excluding hydrogens is 318 g/mol. The van der Waals surface area contributed by atoms with E-state index < -0.39 is 17.7 Å². The first-order valence-electron chi connectivity index (χ1n) is 7.61. The third kappa shape index (κ3) is 3.15. The normalized spacial score (nSPS) is 20.6. The summed E-state index contributed by atoms with van der Waals surface area (Å²) in [5, 5.41) is 12.7. The Labute approximate surface area is 137 Å². The Morgan fingerprint density at radius 3 is 2.29 bits per heavy atom. The van der Waals surface area contributed by atoms with Crippen LogP contribution in [0.5, 0.6) is 0 Å². The Morgan fingerprint density at radius 2 is 1.71 bits per heavy atom. The van der Waals surface area contributed by atoms with Gasteiger partial charge in [0.15, 0.2) is 5.96 Å². The molecule has 1 atom stereocenters. The third-order valence-electron chi connectivity index (χ3n) is 4.19. The van der Waals surface area contributed by atoms with Gasteiger partial charge < -0.3 is 15.5 Å². The van der Waals surface area contributed by atoms with Gasteiger partial charge in [0.05, 0.1) is 6.04 Å². The van der Waals surface area contributed by atoms with Crippen LogP contribution in [-0.2, 0) is 0 Å². The number of hydrogen-bond acceptors (Lipinski definition) is 3. The van der Waals surface area contributed by atoms with E-state index in [1.54, 1.807) is 16.0 Å². The van der Waals surface area contributed by atoms with Crippen molar-refractivity contribution in [2.24, 2.45) is 10.8 Å². The Hall–Kier alpha value is -2.71. The molecule has 3 N–H and O–H groups in total. The number of carbonyl (C=O) groups is 1. The molecule has 3 rings (SSSR count). The summed E-state index contributed by atoms with van der Waals surface area (Å²) in [5.41, 5.74) is 5.81. The second kappa shape index (κ2) is 6.42. The Balaban J connectivity index is 1.72. The summed E-state index contributed by atoms with van der Waals surface area (Å²) >= 11 is 0. The van der Waals surface area contributed by atoms with Gasteiger partial charge in [-0.15, -0.1) is 0 Å². The van der Waals surface area contributed by atoms with E-state index in [-0.39, 0.29) is 12.0 Å². The molecule has 2 amide bonds. The lowest BCUT2D eigenvalue weighted by Crippen LogP contribution is -2.54. The summed E-state index contributed by atoms with van der Waals surface area (Å²) < 4.78 is 26.9. The van der Waals surface area contributed by atoms with Crippen molar-refractivity contribution in [1.29, 1.82) is 5.41 Å². The van der Waals surface area contributed by atoms with Crippen molar-refractivity contribution in [2.75, 3.05) is 26.2 Å². The summed E-state index contributed by atoms with van der Waals surface area (Å²) in [5.74, 6) is -1.38. The zero-order chi connectivity index (χ0) is 17.3. The van der Waals surface area contributed by atoms with E-state index in [2.05, 4.69) is 5.10 Å². The highest BCUT2D eigenvalue weighted by Crippen LogP contribution is 2.30. The molecule has 2 aliphatic rings. The van der Waals surface area contributed by atoms with Gasteiger partial charge in [-0.3, -0.25) is 5.41 Å². The topological polar surface area (TPSA) is 89.0 Å². The van der Waals surface area contributed by atoms with E-state index in [9.17, 15) is 13.6 Å². The van der Waals surface area contributed by atoms with Crippen LogP contribution >= 0.6 is 0 Å². The highest BCUT2D eigenvalue weighted by Gasteiger charge is 2.33. The Kier molecular flexibility index (Phi) is 4.32. The first-order valence-corrected chi connectivity index (χ1v) is 7.61. The minimum absolute atomic E-state index is 0.0191. The lowest BCUT2D eigenvalue weighted by molar-refractivity contribution is 0.122. The van der Waals surface area contributed by atoms with Crippen LogP contribution in [0.15, 0.2) is 23.3 Å². The molecule has 1 aromatic carbocycles. The number of benzene rings is 1. The number of hydrazone groups is 1. The fourth-order valence-corrected chi connectivity index (χ4v) is 2.93. The quantitative estimate of drug-likeness (QED) is 0.599. The average Bonchev–Trinajstić information content (AvgIpc) is 3.03. The number of nitrogens with one attached hydrogen (secondary N) is 1. The molecule has 0 saturated carbocycles. The fourth-order valence-electron chi connectivity index (χ4n) is 2.93. The standard InChI is InChI=1S/C15H18F2N6O/c16-11-7-10(8-12(17)9-11)13-1-2-20-23(13)15(24)22-5-3-21(4-6-22)14(18)19/h2,7-9,13H,1,3-6H2,(H3,18,19)/t13-/m0/s1. The number of piperazine rings is 1. The van der Waals surface area contributed by atoms with Crippen LogP contribution in [0.2, 0.25) is 0 Å². The molecule has 1 saturated heterocycles. The first-order chi connectivity index (χ1) is 11.5. The van der Waals surface area contributed by atoms with Crippen molar-refractivity contribution >= 4 is 18.2 Å². The van der Waals surface area contributed by atoms with Crippen molar-refractivity contribution in [3.8, 4) is 0 Å². The van der Waals surface area contributed by atoms with E-state index in [0.29, 0.717) is 38.2 Å². The number of rotatable bonds is 1. The van der Waals surface area contributed by atoms with Gasteiger partial charge in [-0.25, -0.2) is 18.6 Å². The molecular formula is C15H18F2N6O. The maximum absolute atomic E-state index is 13.5. The summed E-state index contributed by atoms with van der Waals surface area (Å²) in [6, 6.07) is 2.40. The number of hydrogen-bond donors (Lipinski definition) is 2. The van der Waals surface area contributed by atoms with Crippen molar-refractivity contribution in [3.63, 3.8) is 0 Å². The van der Waals surface area contributed by atoms with Crippen LogP contribution < -0.4 is 5.73 Å². The highest BCUT2D eigenvalue weighted by atomic mass is 19.1. The van der Waals surface area contributed by atoms with Gasteiger partial charge in [0, 0.05) is 44.9 Å². The molecule has 1 aromatic rings. The molecule has 24 heavy (non-hydrogen) atoms. The van der Waals surface area contributed by atoms with Crippen molar-refractivity contribution in [1.82, 2.24) is 14.8 Å². The zero-order valence-corrected chi connectivity index (χ0v) is 13.0. The van der Waals surface area contributed by atoms with Gasteiger partial charge in [0.1, 0.15) is 11.6 Å². The molecule has 7 nitrogen and oxygen atoms in total. The largest absolute Gasteiger partial charge is 0.370 e. The van der Waals surface area contributed by atoms with Crippen LogP contribution in [0.1, 0.15) is 18.0 Å². The number of nitrogens with two attached hydrogens (primary N) is 1. The van der Waals surface area contributed by atoms with Gasteiger partial charge in [0.2, 0.25) is 0 Å². The van der Waals surface area contributed by atoms with E-state index >= 15 is 0 Å². The van der Waals surface area contributed by atoms with Gasteiger partial charge in [0.25, 0.3) is 0 Å². The molecule has 1 fully saturated rings. The molecule has 128 valence electrons. The van der Waals surface area contributed by atoms with Gasteiger partial charge in [-0.2, -0.15) is 5.10 Å². The molecule has 0 unspecified atom stereocenters. The van der Waals surface area contributed by atoms with Crippen molar-refractivity contribution < 1.29 is 13.6 Å². The Morgan fingerprint density at radius 1 is 1.12 bits per heavy atom. The fraction of sp³-hybridized carbons (Fsp3) is 0.400. The second-order valence-corrected chi connectivity index (χ2v) is 5.74.